The summed E-state index contributed by atoms with van der Waals surface area (Å²) >= 11 is 3.13. The molecule has 106 valence electrons. The fourth-order valence-corrected chi connectivity index (χ4v) is 2.25. The van der Waals surface area contributed by atoms with Crippen molar-refractivity contribution < 1.29 is 8.91 Å². The Hall–Kier alpha value is -2.21. The van der Waals surface area contributed by atoms with Gasteiger partial charge in [-0.15, -0.1) is 0 Å². The second-order valence-electron chi connectivity index (χ2n) is 4.62. The van der Waals surface area contributed by atoms with Gasteiger partial charge in [-0.1, -0.05) is 11.2 Å². The van der Waals surface area contributed by atoms with Crippen molar-refractivity contribution in [2.24, 2.45) is 0 Å². The Labute approximate surface area is 128 Å². The molecule has 21 heavy (non-hydrogen) atoms. The smallest absolute Gasteiger partial charge is 0.258 e. The molecule has 0 aliphatic carbocycles. The second-order valence-corrected chi connectivity index (χ2v) is 5.48. The fourth-order valence-electron chi connectivity index (χ4n) is 1.87. The topological polar surface area (TPSA) is 64.9 Å². The van der Waals surface area contributed by atoms with Crippen LogP contribution in [0.25, 0.3) is 22.8 Å². The maximum absolute atomic E-state index is 13.2. The first kappa shape index (κ1) is 13.8. The third-order valence-corrected chi connectivity index (χ3v) is 3.74. The van der Waals surface area contributed by atoms with E-state index in [-0.39, 0.29) is 5.82 Å². The highest BCUT2D eigenvalue weighted by Crippen LogP contribution is 2.27. The van der Waals surface area contributed by atoms with Crippen molar-refractivity contribution >= 4 is 21.6 Å². The highest BCUT2D eigenvalue weighted by atomic mass is 79.9. The predicted octanol–water partition coefficient (Wildman–Crippen LogP) is 4.20. The first-order chi connectivity index (χ1) is 10.0. The number of halogens is 2. The van der Waals surface area contributed by atoms with Crippen molar-refractivity contribution in [1.29, 1.82) is 0 Å². The zero-order valence-electron chi connectivity index (χ0n) is 11.1. The molecule has 0 atom stereocenters. The van der Waals surface area contributed by atoms with Gasteiger partial charge in [0.1, 0.15) is 5.82 Å². The van der Waals surface area contributed by atoms with Gasteiger partial charge in [-0.3, -0.25) is 0 Å². The number of nitrogens with zero attached hydrogens (tertiary/aromatic N) is 2. The third-order valence-electron chi connectivity index (χ3n) is 3.13. The Morgan fingerprint density at radius 2 is 1.90 bits per heavy atom. The van der Waals surface area contributed by atoms with E-state index in [1.807, 2.05) is 19.1 Å². The monoisotopic (exact) mass is 347 g/mol. The molecule has 0 spiro atoms. The lowest BCUT2D eigenvalue weighted by Gasteiger charge is -2.00. The van der Waals surface area contributed by atoms with Gasteiger partial charge in [0, 0.05) is 16.8 Å². The van der Waals surface area contributed by atoms with Crippen molar-refractivity contribution in [3.63, 3.8) is 0 Å². The predicted molar refractivity (Wildman–Crippen MR) is 82.0 cm³/mol. The molecule has 0 saturated heterocycles. The van der Waals surface area contributed by atoms with Crippen LogP contribution in [0.15, 0.2) is 45.4 Å². The van der Waals surface area contributed by atoms with Gasteiger partial charge in [-0.05, 0) is 58.7 Å². The highest BCUT2D eigenvalue weighted by molar-refractivity contribution is 9.10. The Kier molecular flexibility index (Phi) is 3.47. The van der Waals surface area contributed by atoms with Gasteiger partial charge >= 0.3 is 0 Å². The molecule has 0 amide bonds. The van der Waals surface area contributed by atoms with E-state index in [1.54, 1.807) is 18.2 Å². The maximum Gasteiger partial charge on any atom is 0.258 e. The lowest BCUT2D eigenvalue weighted by Crippen LogP contribution is -1.90. The minimum absolute atomic E-state index is 0.339. The van der Waals surface area contributed by atoms with E-state index in [2.05, 4.69) is 26.1 Å². The van der Waals surface area contributed by atoms with Crippen LogP contribution in [-0.4, -0.2) is 10.1 Å². The first-order valence-electron chi connectivity index (χ1n) is 6.20. The van der Waals surface area contributed by atoms with Gasteiger partial charge in [0.2, 0.25) is 5.82 Å². The van der Waals surface area contributed by atoms with E-state index in [0.717, 1.165) is 11.1 Å². The molecule has 0 saturated carbocycles. The molecule has 3 rings (SSSR count). The van der Waals surface area contributed by atoms with Crippen LogP contribution in [-0.2, 0) is 0 Å². The molecule has 1 heterocycles. The summed E-state index contributed by atoms with van der Waals surface area (Å²) in [5.41, 5.74) is 8.94. The average Bonchev–Trinajstić information content (AvgIpc) is 2.94. The second kappa shape index (κ2) is 5.29. The number of benzene rings is 2. The van der Waals surface area contributed by atoms with E-state index in [9.17, 15) is 4.39 Å². The molecule has 1 aromatic heterocycles. The first-order valence-corrected chi connectivity index (χ1v) is 6.99. The maximum atomic E-state index is 13.2. The molecular formula is C15H11BrFN3O. The lowest BCUT2D eigenvalue weighted by molar-refractivity contribution is 0.432. The number of hydrogen-bond donors (Lipinski definition) is 1. The molecule has 6 heteroatoms. The zero-order chi connectivity index (χ0) is 15.0. The Bertz CT molecular complexity index is 750. The van der Waals surface area contributed by atoms with Crippen LogP contribution >= 0.6 is 15.9 Å². The van der Waals surface area contributed by atoms with Crippen LogP contribution in [0.3, 0.4) is 0 Å². The fraction of sp³-hybridized carbons (Fsp3) is 0.0667. The molecule has 4 nitrogen and oxygen atoms in total. The van der Waals surface area contributed by atoms with Gasteiger partial charge in [0.05, 0.1) is 4.47 Å². The quantitative estimate of drug-likeness (QED) is 0.705. The Morgan fingerprint density at radius 1 is 1.14 bits per heavy atom. The van der Waals surface area contributed by atoms with Gasteiger partial charge < -0.3 is 10.3 Å². The van der Waals surface area contributed by atoms with Gasteiger partial charge in [-0.25, -0.2) is 4.39 Å². The van der Waals surface area contributed by atoms with E-state index in [0.29, 0.717) is 27.4 Å². The number of nitrogen functional groups attached to an aromatic ring is 1. The van der Waals surface area contributed by atoms with E-state index in [1.165, 1.54) is 6.07 Å². The van der Waals surface area contributed by atoms with Crippen LogP contribution in [0, 0.1) is 12.7 Å². The molecule has 0 aliphatic heterocycles. The number of rotatable bonds is 2. The third kappa shape index (κ3) is 2.67. The number of anilines is 1. The van der Waals surface area contributed by atoms with Crippen molar-refractivity contribution in [1.82, 2.24) is 10.1 Å². The minimum atomic E-state index is -0.339. The minimum Gasteiger partial charge on any atom is -0.398 e. The highest BCUT2D eigenvalue weighted by Gasteiger charge is 2.12. The molecule has 0 fully saturated rings. The molecular weight excluding hydrogens is 337 g/mol. The van der Waals surface area contributed by atoms with E-state index < -0.39 is 0 Å². The number of hydrogen-bond acceptors (Lipinski definition) is 4. The molecule has 2 N–H and O–H groups in total. The van der Waals surface area contributed by atoms with Crippen molar-refractivity contribution in [2.75, 3.05) is 5.73 Å². The standard InChI is InChI=1S/C15H11BrFN3O/c1-8-2-3-10(7-13(8)18)15-19-14(20-21-15)9-4-5-12(17)11(16)6-9/h2-7H,18H2,1H3. The van der Waals surface area contributed by atoms with Gasteiger partial charge in [-0.2, -0.15) is 4.98 Å². The summed E-state index contributed by atoms with van der Waals surface area (Å²) in [7, 11) is 0. The van der Waals surface area contributed by atoms with Crippen LogP contribution in [0.1, 0.15) is 5.56 Å². The lowest BCUT2D eigenvalue weighted by atomic mass is 10.1. The van der Waals surface area contributed by atoms with Crippen LogP contribution < -0.4 is 5.73 Å². The van der Waals surface area contributed by atoms with Gasteiger partial charge in [0.15, 0.2) is 0 Å². The van der Waals surface area contributed by atoms with E-state index in [4.69, 9.17) is 10.3 Å². The van der Waals surface area contributed by atoms with Crippen LogP contribution in [0.4, 0.5) is 10.1 Å². The van der Waals surface area contributed by atoms with Gasteiger partial charge in [0.25, 0.3) is 5.89 Å². The molecule has 3 aromatic rings. The molecule has 0 unspecified atom stereocenters. The van der Waals surface area contributed by atoms with E-state index >= 15 is 0 Å². The average molecular weight is 348 g/mol. The summed E-state index contributed by atoms with van der Waals surface area (Å²) in [6.45, 7) is 1.92. The van der Waals surface area contributed by atoms with Crippen molar-refractivity contribution in [2.45, 2.75) is 6.92 Å². The van der Waals surface area contributed by atoms with Crippen LogP contribution in [0.5, 0.6) is 0 Å². The zero-order valence-corrected chi connectivity index (χ0v) is 12.7. The summed E-state index contributed by atoms with van der Waals surface area (Å²) in [6, 6.07) is 10.1. The molecule has 0 radical (unpaired) electrons. The number of aryl methyl sites for hydroxylation is 1. The molecule has 0 aliphatic rings. The summed E-state index contributed by atoms with van der Waals surface area (Å²) in [4.78, 5) is 4.32. The SMILES string of the molecule is Cc1ccc(-c2nc(-c3ccc(F)c(Br)c3)no2)cc1N. The van der Waals surface area contributed by atoms with Crippen LogP contribution in [0.2, 0.25) is 0 Å². The number of nitrogens with two attached hydrogens (primary N) is 1. The summed E-state index contributed by atoms with van der Waals surface area (Å²) in [6.07, 6.45) is 0. The normalized spacial score (nSPS) is 10.8. The Morgan fingerprint density at radius 3 is 2.62 bits per heavy atom. The summed E-state index contributed by atoms with van der Waals surface area (Å²) < 4.78 is 18.8. The summed E-state index contributed by atoms with van der Waals surface area (Å²) in [5.74, 6) is 0.427. The van der Waals surface area contributed by atoms with Crippen molar-refractivity contribution in [3.05, 3.63) is 52.3 Å². The Balaban J connectivity index is 1.99. The summed E-state index contributed by atoms with van der Waals surface area (Å²) in [5, 5.41) is 3.92. The van der Waals surface area contributed by atoms with Crippen molar-refractivity contribution in [3.8, 4) is 22.8 Å². The number of aromatic nitrogens is 2. The molecule has 0 bridgehead atoms. The largest absolute Gasteiger partial charge is 0.398 e. The molecule has 2 aromatic carbocycles.